The van der Waals surface area contributed by atoms with Crippen molar-refractivity contribution in [3.8, 4) is 0 Å². The minimum absolute atomic E-state index is 0.0773. The van der Waals surface area contributed by atoms with E-state index in [0.29, 0.717) is 6.54 Å². The van der Waals surface area contributed by atoms with Crippen LogP contribution in [0.2, 0.25) is 0 Å². The van der Waals surface area contributed by atoms with Crippen molar-refractivity contribution >= 4 is 21.8 Å². The van der Waals surface area contributed by atoms with Crippen molar-refractivity contribution in [1.29, 1.82) is 0 Å². The molecule has 6 nitrogen and oxygen atoms in total. The molecule has 1 aliphatic heterocycles. The van der Waals surface area contributed by atoms with E-state index >= 15 is 0 Å². The summed E-state index contributed by atoms with van der Waals surface area (Å²) in [5.74, 6) is 1.89. The van der Waals surface area contributed by atoms with Crippen LogP contribution in [0.1, 0.15) is 31.0 Å². The zero-order chi connectivity index (χ0) is 15.5. The number of H-pyrrole nitrogens is 1. The van der Waals surface area contributed by atoms with Gasteiger partial charge in [0.15, 0.2) is 5.03 Å². The van der Waals surface area contributed by atoms with Crippen LogP contribution in [0.15, 0.2) is 5.03 Å². The summed E-state index contributed by atoms with van der Waals surface area (Å²) in [4.78, 5) is 0. The van der Waals surface area contributed by atoms with Crippen molar-refractivity contribution in [2.45, 2.75) is 44.3 Å². The molecule has 1 aromatic rings. The van der Waals surface area contributed by atoms with Crippen LogP contribution in [0.4, 0.5) is 0 Å². The van der Waals surface area contributed by atoms with E-state index in [9.17, 15) is 8.42 Å². The molecule has 0 saturated carbocycles. The van der Waals surface area contributed by atoms with Gasteiger partial charge in [0.25, 0.3) is 10.0 Å². The van der Waals surface area contributed by atoms with Gasteiger partial charge in [0.1, 0.15) is 0 Å². The Bertz CT molecular complexity index is 565. The Hall–Kier alpha value is -0.570. The van der Waals surface area contributed by atoms with Crippen LogP contribution < -0.4 is 5.32 Å². The summed E-state index contributed by atoms with van der Waals surface area (Å²) in [5, 5.41) is 10.3. The normalized spacial score (nSPS) is 19.5. The predicted molar refractivity (Wildman–Crippen MR) is 86.0 cm³/mol. The summed E-state index contributed by atoms with van der Waals surface area (Å²) in [6.07, 6.45) is 1.92. The van der Waals surface area contributed by atoms with Crippen molar-refractivity contribution < 1.29 is 8.42 Å². The quantitative estimate of drug-likeness (QED) is 0.737. The Morgan fingerprint density at radius 3 is 2.90 bits per heavy atom. The van der Waals surface area contributed by atoms with Gasteiger partial charge in [0.2, 0.25) is 0 Å². The van der Waals surface area contributed by atoms with Crippen LogP contribution in [-0.2, 0) is 16.6 Å². The summed E-state index contributed by atoms with van der Waals surface area (Å²) in [6, 6.07) is 0.0773. The van der Waals surface area contributed by atoms with Gasteiger partial charge in [-0.1, -0.05) is 6.92 Å². The van der Waals surface area contributed by atoms with Crippen LogP contribution in [0.25, 0.3) is 0 Å². The Labute approximate surface area is 131 Å². The van der Waals surface area contributed by atoms with Gasteiger partial charge in [-0.05, 0) is 32.1 Å². The molecule has 1 aliphatic rings. The Balaban J connectivity index is 2.23. The van der Waals surface area contributed by atoms with E-state index in [1.807, 2.05) is 6.92 Å². The average molecular weight is 332 g/mol. The van der Waals surface area contributed by atoms with Gasteiger partial charge in [0, 0.05) is 36.6 Å². The highest BCUT2D eigenvalue weighted by atomic mass is 32.2. The highest BCUT2D eigenvalue weighted by molar-refractivity contribution is 7.99. The van der Waals surface area contributed by atoms with Gasteiger partial charge >= 0.3 is 0 Å². The Kier molecular flexibility index (Phi) is 5.70. The number of aromatic nitrogens is 2. The third-order valence-electron chi connectivity index (χ3n) is 3.81. The van der Waals surface area contributed by atoms with E-state index in [4.69, 9.17) is 0 Å². The molecule has 1 fully saturated rings. The number of thioether (sulfide) groups is 1. The lowest BCUT2D eigenvalue weighted by molar-refractivity contribution is 0.392. The van der Waals surface area contributed by atoms with Crippen LogP contribution in [0, 0.1) is 6.92 Å². The molecule has 2 rings (SSSR count). The molecule has 120 valence electrons. The van der Waals surface area contributed by atoms with E-state index in [-0.39, 0.29) is 11.1 Å². The number of nitrogens with zero attached hydrogens (tertiary/aromatic N) is 2. The fourth-order valence-corrected chi connectivity index (χ4v) is 5.29. The monoisotopic (exact) mass is 332 g/mol. The second-order valence-electron chi connectivity index (χ2n) is 5.35. The Morgan fingerprint density at radius 1 is 1.52 bits per heavy atom. The standard InChI is InChI=1S/C13H24N4O2S2/c1-4-6-14-8-12-10(2)15-16-13(12)21(18,19)17(3)11-5-7-20-9-11/h11,14H,4-9H2,1-3H3,(H,15,16). The second kappa shape index (κ2) is 7.13. The van der Waals surface area contributed by atoms with Gasteiger partial charge in [-0.25, -0.2) is 8.42 Å². The van der Waals surface area contributed by atoms with Gasteiger partial charge in [0.05, 0.1) is 0 Å². The van der Waals surface area contributed by atoms with E-state index < -0.39 is 10.0 Å². The minimum Gasteiger partial charge on any atom is -0.313 e. The first kappa shape index (κ1) is 16.8. The summed E-state index contributed by atoms with van der Waals surface area (Å²) in [5.41, 5.74) is 1.56. The molecule has 1 atom stereocenters. The third-order valence-corrected chi connectivity index (χ3v) is 6.84. The Morgan fingerprint density at radius 2 is 2.29 bits per heavy atom. The van der Waals surface area contributed by atoms with E-state index in [2.05, 4.69) is 22.4 Å². The highest BCUT2D eigenvalue weighted by Crippen LogP contribution is 2.27. The molecule has 2 heterocycles. The number of sulfonamides is 1. The second-order valence-corrected chi connectivity index (χ2v) is 8.41. The number of rotatable bonds is 7. The first-order valence-electron chi connectivity index (χ1n) is 7.28. The topological polar surface area (TPSA) is 78.1 Å². The van der Waals surface area contributed by atoms with Crippen molar-refractivity contribution in [1.82, 2.24) is 19.8 Å². The van der Waals surface area contributed by atoms with Gasteiger partial charge < -0.3 is 5.32 Å². The van der Waals surface area contributed by atoms with E-state index in [1.54, 1.807) is 18.8 Å². The molecule has 0 aliphatic carbocycles. The van der Waals surface area contributed by atoms with E-state index in [1.165, 1.54) is 4.31 Å². The van der Waals surface area contributed by atoms with Gasteiger partial charge in [-0.2, -0.15) is 21.2 Å². The molecular formula is C13H24N4O2S2. The molecule has 2 N–H and O–H groups in total. The molecular weight excluding hydrogens is 308 g/mol. The predicted octanol–water partition coefficient (Wildman–Crippen LogP) is 1.34. The zero-order valence-corrected chi connectivity index (χ0v) is 14.5. The van der Waals surface area contributed by atoms with Gasteiger partial charge in [-0.15, -0.1) is 0 Å². The number of nitrogens with one attached hydrogen (secondary N) is 2. The molecule has 0 aromatic carbocycles. The van der Waals surface area contributed by atoms with Crippen molar-refractivity contribution in [2.24, 2.45) is 0 Å². The van der Waals surface area contributed by atoms with Crippen LogP contribution >= 0.6 is 11.8 Å². The maximum absolute atomic E-state index is 12.8. The number of aromatic amines is 1. The maximum Gasteiger partial charge on any atom is 0.262 e. The summed E-state index contributed by atoms with van der Waals surface area (Å²) >= 11 is 1.80. The average Bonchev–Trinajstić information content (AvgIpc) is 3.09. The maximum atomic E-state index is 12.8. The SMILES string of the molecule is CCCNCc1c(S(=O)(=O)N(C)C2CCSC2)n[nH]c1C. The van der Waals surface area contributed by atoms with Crippen LogP contribution in [-0.4, -0.2) is 54.1 Å². The van der Waals surface area contributed by atoms with Crippen molar-refractivity contribution in [3.05, 3.63) is 11.3 Å². The van der Waals surface area contributed by atoms with Crippen LogP contribution in [0.5, 0.6) is 0 Å². The summed E-state index contributed by atoms with van der Waals surface area (Å²) in [6.45, 7) is 5.33. The van der Waals surface area contributed by atoms with Gasteiger partial charge in [-0.3, -0.25) is 5.10 Å². The fraction of sp³-hybridized carbons (Fsp3) is 0.769. The molecule has 0 spiro atoms. The molecule has 0 bridgehead atoms. The molecule has 0 radical (unpaired) electrons. The highest BCUT2D eigenvalue weighted by Gasteiger charge is 2.34. The molecule has 21 heavy (non-hydrogen) atoms. The van der Waals surface area contributed by atoms with E-state index in [0.717, 1.165) is 42.1 Å². The minimum atomic E-state index is -3.53. The largest absolute Gasteiger partial charge is 0.313 e. The summed E-state index contributed by atoms with van der Waals surface area (Å²) in [7, 11) is -1.87. The zero-order valence-electron chi connectivity index (χ0n) is 12.8. The number of hydrogen-bond acceptors (Lipinski definition) is 5. The first-order chi connectivity index (χ1) is 9.98. The lowest BCUT2D eigenvalue weighted by Crippen LogP contribution is -2.37. The number of aryl methyl sites for hydroxylation is 1. The molecule has 0 amide bonds. The van der Waals surface area contributed by atoms with Crippen molar-refractivity contribution in [3.63, 3.8) is 0 Å². The molecule has 1 unspecified atom stereocenters. The summed E-state index contributed by atoms with van der Waals surface area (Å²) < 4.78 is 27.1. The first-order valence-corrected chi connectivity index (χ1v) is 9.88. The van der Waals surface area contributed by atoms with Crippen LogP contribution in [0.3, 0.4) is 0 Å². The smallest absolute Gasteiger partial charge is 0.262 e. The molecule has 1 saturated heterocycles. The fourth-order valence-electron chi connectivity index (χ4n) is 2.38. The van der Waals surface area contributed by atoms with Crippen molar-refractivity contribution in [2.75, 3.05) is 25.1 Å². The third kappa shape index (κ3) is 3.61. The molecule has 8 heteroatoms. The lowest BCUT2D eigenvalue weighted by Gasteiger charge is -2.22. The molecule has 1 aromatic heterocycles. The number of hydrogen-bond donors (Lipinski definition) is 2. The lowest BCUT2D eigenvalue weighted by atomic mass is 10.2.